The second kappa shape index (κ2) is 3.99. The van der Waals surface area contributed by atoms with Crippen LogP contribution in [0.5, 0.6) is 0 Å². The van der Waals surface area contributed by atoms with Crippen molar-refractivity contribution >= 4 is 21.9 Å². The van der Waals surface area contributed by atoms with Gasteiger partial charge in [0.25, 0.3) is 0 Å². The van der Waals surface area contributed by atoms with Crippen molar-refractivity contribution in [2.45, 2.75) is 25.3 Å². The highest BCUT2D eigenvalue weighted by atomic mass is 15.0. The molecule has 95 valence electrons. The molecule has 3 aromatic heterocycles. The monoisotopic (exact) mass is 252 g/mol. The summed E-state index contributed by atoms with van der Waals surface area (Å²) in [7, 11) is 0. The molecule has 3 aromatic rings. The van der Waals surface area contributed by atoms with Crippen LogP contribution in [0.3, 0.4) is 0 Å². The molecule has 1 aliphatic heterocycles. The maximum atomic E-state index is 4.58. The normalized spacial score (nSPS) is 23.4. The summed E-state index contributed by atoms with van der Waals surface area (Å²) < 4.78 is 0. The van der Waals surface area contributed by atoms with Crippen LogP contribution in [-0.4, -0.2) is 32.5 Å². The van der Waals surface area contributed by atoms with E-state index in [1.807, 2.05) is 18.5 Å². The van der Waals surface area contributed by atoms with E-state index in [4.69, 9.17) is 0 Å². The van der Waals surface area contributed by atoms with Gasteiger partial charge in [-0.3, -0.25) is 0 Å². The molecule has 0 aliphatic carbocycles. The number of nitrogens with one attached hydrogen (secondary N) is 1. The van der Waals surface area contributed by atoms with E-state index < -0.39 is 0 Å². The molecule has 0 amide bonds. The molecule has 19 heavy (non-hydrogen) atoms. The average Bonchev–Trinajstić information content (AvgIpc) is 3.06. The topological polar surface area (TPSA) is 68.6 Å². The first-order valence-electron chi connectivity index (χ1n) is 6.58. The lowest BCUT2D eigenvalue weighted by atomic mass is 9.94. The average molecular weight is 252 g/mol. The molecule has 0 bridgehead atoms. The van der Waals surface area contributed by atoms with Crippen LogP contribution in [0, 0.1) is 0 Å². The summed E-state index contributed by atoms with van der Waals surface area (Å²) >= 11 is 0. The number of aromatic nitrogens is 4. The smallest absolute Gasteiger partial charge is 0.138 e. The maximum absolute atomic E-state index is 4.58. The minimum Gasteiger partial charge on any atom is -0.346 e. The molecule has 1 aliphatic rings. The van der Waals surface area contributed by atoms with Crippen molar-refractivity contribution in [3.05, 3.63) is 30.5 Å². The molecule has 4 heterocycles. The molecule has 5 nitrogen and oxygen atoms in total. The lowest BCUT2D eigenvalue weighted by molar-refractivity contribution is 0.578. The van der Waals surface area contributed by atoms with E-state index in [9.17, 15) is 0 Å². The highest BCUT2D eigenvalue weighted by molar-refractivity contribution is 6.04. The van der Waals surface area contributed by atoms with E-state index in [1.165, 1.54) is 0 Å². The maximum Gasteiger partial charge on any atom is 0.138 e. The fourth-order valence-electron chi connectivity index (χ4n) is 3.01. The van der Waals surface area contributed by atoms with Crippen molar-refractivity contribution in [3.8, 4) is 0 Å². The van der Waals surface area contributed by atoms with Crippen LogP contribution in [0.4, 0.5) is 0 Å². The second-order valence-electron chi connectivity index (χ2n) is 5.06. The van der Waals surface area contributed by atoms with Gasteiger partial charge in [0.05, 0.1) is 17.4 Å². The SMILES string of the molecule is CC1[N]CCC1c1ncnc2cnc3[nH]ccc3c12. The second-order valence-corrected chi connectivity index (χ2v) is 5.06. The summed E-state index contributed by atoms with van der Waals surface area (Å²) in [4.78, 5) is 16.4. The molecular formula is C14H14N5. The van der Waals surface area contributed by atoms with Gasteiger partial charge in [-0.15, -0.1) is 0 Å². The van der Waals surface area contributed by atoms with E-state index in [2.05, 4.69) is 32.2 Å². The molecule has 2 unspecified atom stereocenters. The van der Waals surface area contributed by atoms with Crippen molar-refractivity contribution in [2.24, 2.45) is 0 Å². The van der Waals surface area contributed by atoms with Crippen molar-refractivity contribution < 1.29 is 0 Å². The van der Waals surface area contributed by atoms with Gasteiger partial charge >= 0.3 is 0 Å². The van der Waals surface area contributed by atoms with Crippen LogP contribution in [-0.2, 0) is 0 Å². The molecule has 1 N–H and O–H groups in total. The third-order valence-electron chi connectivity index (χ3n) is 4.01. The number of rotatable bonds is 1. The van der Waals surface area contributed by atoms with Gasteiger partial charge in [-0.05, 0) is 19.4 Å². The molecule has 5 heteroatoms. The van der Waals surface area contributed by atoms with Crippen LogP contribution in [0.25, 0.3) is 21.9 Å². The summed E-state index contributed by atoms with van der Waals surface area (Å²) in [6.07, 6.45) is 6.44. The van der Waals surface area contributed by atoms with Gasteiger partial charge in [-0.2, -0.15) is 0 Å². The van der Waals surface area contributed by atoms with E-state index in [1.54, 1.807) is 6.33 Å². The molecule has 0 spiro atoms. The Morgan fingerprint density at radius 3 is 3.05 bits per heavy atom. The molecule has 1 fully saturated rings. The number of aromatic amines is 1. The number of fused-ring (bicyclic) bond motifs is 3. The fourth-order valence-corrected chi connectivity index (χ4v) is 3.01. The third kappa shape index (κ3) is 1.55. The van der Waals surface area contributed by atoms with Gasteiger partial charge < -0.3 is 4.98 Å². The Morgan fingerprint density at radius 1 is 1.26 bits per heavy atom. The number of hydrogen-bond acceptors (Lipinski definition) is 3. The molecular weight excluding hydrogens is 238 g/mol. The van der Waals surface area contributed by atoms with Gasteiger partial charge in [0, 0.05) is 35.5 Å². The number of pyridine rings is 1. The van der Waals surface area contributed by atoms with Crippen molar-refractivity contribution in [3.63, 3.8) is 0 Å². The van der Waals surface area contributed by atoms with Gasteiger partial charge in [-0.1, -0.05) is 0 Å². The summed E-state index contributed by atoms with van der Waals surface area (Å²) in [5.41, 5.74) is 2.92. The Balaban J connectivity index is 2.06. The minimum absolute atomic E-state index is 0.334. The highest BCUT2D eigenvalue weighted by Gasteiger charge is 2.29. The zero-order valence-electron chi connectivity index (χ0n) is 10.7. The van der Waals surface area contributed by atoms with Gasteiger partial charge in [0.15, 0.2) is 0 Å². The summed E-state index contributed by atoms with van der Waals surface area (Å²) in [6, 6.07) is 2.38. The Labute approximate surface area is 110 Å². The third-order valence-corrected chi connectivity index (χ3v) is 4.01. The number of hydrogen-bond donors (Lipinski definition) is 1. The summed E-state index contributed by atoms with van der Waals surface area (Å²) in [5.74, 6) is 0.394. The Bertz CT molecular complexity index is 748. The van der Waals surface area contributed by atoms with Crippen LogP contribution in [0.1, 0.15) is 25.0 Å². The van der Waals surface area contributed by atoms with Crippen LogP contribution in [0.2, 0.25) is 0 Å². The van der Waals surface area contributed by atoms with Crippen LogP contribution >= 0.6 is 0 Å². The number of nitrogens with zero attached hydrogens (tertiary/aromatic N) is 4. The quantitative estimate of drug-likeness (QED) is 0.720. The molecule has 4 rings (SSSR count). The Morgan fingerprint density at radius 2 is 2.21 bits per heavy atom. The van der Waals surface area contributed by atoms with E-state index in [0.29, 0.717) is 12.0 Å². The van der Waals surface area contributed by atoms with E-state index in [-0.39, 0.29) is 0 Å². The standard InChI is InChI=1S/C14H14N5/c1-8-9(2-4-15-8)13-12-10-3-5-16-14(10)17-6-11(12)18-7-19-13/h3,5-9H,2,4H2,1H3,(H,16,17). The largest absolute Gasteiger partial charge is 0.346 e. The molecule has 2 atom stereocenters. The Hall–Kier alpha value is -2.01. The fraction of sp³-hybridized carbons (Fsp3) is 0.357. The number of H-pyrrole nitrogens is 1. The zero-order valence-corrected chi connectivity index (χ0v) is 10.7. The van der Waals surface area contributed by atoms with E-state index in [0.717, 1.165) is 40.6 Å². The van der Waals surface area contributed by atoms with Gasteiger partial charge in [0.2, 0.25) is 0 Å². The molecule has 1 radical (unpaired) electrons. The lowest BCUT2D eigenvalue weighted by Crippen LogP contribution is -2.16. The van der Waals surface area contributed by atoms with Crippen LogP contribution in [0.15, 0.2) is 24.8 Å². The summed E-state index contributed by atoms with van der Waals surface area (Å²) in [5, 5.41) is 6.82. The lowest BCUT2D eigenvalue weighted by Gasteiger charge is -2.15. The first-order chi connectivity index (χ1) is 9.34. The van der Waals surface area contributed by atoms with Crippen molar-refractivity contribution in [2.75, 3.05) is 6.54 Å². The minimum atomic E-state index is 0.334. The van der Waals surface area contributed by atoms with Crippen molar-refractivity contribution in [1.29, 1.82) is 0 Å². The molecule has 0 saturated carbocycles. The van der Waals surface area contributed by atoms with Crippen LogP contribution < -0.4 is 5.32 Å². The summed E-state index contributed by atoms with van der Waals surface area (Å²) in [6.45, 7) is 3.10. The van der Waals surface area contributed by atoms with Gasteiger partial charge in [0.1, 0.15) is 12.0 Å². The first kappa shape index (κ1) is 10.9. The van der Waals surface area contributed by atoms with Gasteiger partial charge in [-0.25, -0.2) is 20.3 Å². The predicted octanol–water partition coefficient (Wildman–Crippen LogP) is 1.99. The van der Waals surface area contributed by atoms with E-state index >= 15 is 0 Å². The molecule has 1 saturated heterocycles. The first-order valence-corrected chi connectivity index (χ1v) is 6.58. The van der Waals surface area contributed by atoms with Crippen molar-refractivity contribution in [1.82, 2.24) is 25.3 Å². The Kier molecular flexibility index (Phi) is 2.29. The molecule has 0 aromatic carbocycles. The zero-order chi connectivity index (χ0) is 12.8. The predicted molar refractivity (Wildman–Crippen MR) is 73.0 cm³/mol. The highest BCUT2D eigenvalue weighted by Crippen LogP contribution is 2.34.